The van der Waals surface area contributed by atoms with E-state index in [-0.39, 0.29) is 11.8 Å². The summed E-state index contributed by atoms with van der Waals surface area (Å²) in [6.07, 6.45) is 0. The highest BCUT2D eigenvalue weighted by Crippen LogP contribution is 2.28. The summed E-state index contributed by atoms with van der Waals surface area (Å²) >= 11 is 3.56. The molecule has 6 nitrogen and oxygen atoms in total. The minimum absolute atomic E-state index is 0.0747. The van der Waals surface area contributed by atoms with Crippen LogP contribution in [0.4, 0.5) is 11.4 Å². The maximum absolute atomic E-state index is 13.0. The summed E-state index contributed by atoms with van der Waals surface area (Å²) in [6.45, 7) is 2.68. The fourth-order valence-corrected chi connectivity index (χ4v) is 5.33. The molecule has 1 saturated heterocycles. The Labute approximate surface area is 222 Å². The van der Waals surface area contributed by atoms with E-state index in [1.165, 1.54) is 0 Å². The van der Waals surface area contributed by atoms with Gasteiger partial charge in [0.15, 0.2) is 5.76 Å². The first-order chi connectivity index (χ1) is 18.1. The van der Waals surface area contributed by atoms with Crippen LogP contribution >= 0.6 is 15.9 Å². The number of fused-ring (bicyclic) bond motifs is 2. The Balaban J connectivity index is 1.09. The molecule has 0 bridgehead atoms. The van der Waals surface area contributed by atoms with Gasteiger partial charge in [-0.15, -0.1) is 0 Å². The zero-order chi connectivity index (χ0) is 25.4. The van der Waals surface area contributed by atoms with Crippen LogP contribution in [-0.4, -0.2) is 42.9 Å². The predicted molar refractivity (Wildman–Crippen MR) is 150 cm³/mol. The van der Waals surface area contributed by atoms with Crippen LogP contribution in [-0.2, 0) is 0 Å². The van der Waals surface area contributed by atoms with Crippen LogP contribution in [0.1, 0.15) is 20.9 Å². The van der Waals surface area contributed by atoms with E-state index in [0.717, 1.165) is 50.7 Å². The third kappa shape index (κ3) is 4.58. The van der Waals surface area contributed by atoms with Gasteiger partial charge < -0.3 is 19.5 Å². The molecule has 2 heterocycles. The van der Waals surface area contributed by atoms with Crippen molar-refractivity contribution in [3.63, 3.8) is 0 Å². The molecule has 1 fully saturated rings. The number of hydrogen-bond donors (Lipinski definition) is 1. The van der Waals surface area contributed by atoms with Gasteiger partial charge in [-0.05, 0) is 59.3 Å². The molecule has 0 unspecified atom stereocenters. The third-order valence-corrected chi connectivity index (χ3v) is 7.50. The topological polar surface area (TPSA) is 65.8 Å². The number of hydrogen-bond acceptors (Lipinski definition) is 4. The lowest BCUT2D eigenvalue weighted by Crippen LogP contribution is -2.48. The molecule has 4 aromatic carbocycles. The van der Waals surface area contributed by atoms with Gasteiger partial charge in [-0.25, -0.2) is 0 Å². The van der Waals surface area contributed by atoms with Crippen molar-refractivity contribution in [1.29, 1.82) is 0 Å². The van der Waals surface area contributed by atoms with Crippen molar-refractivity contribution in [2.45, 2.75) is 0 Å². The standard InChI is InChI=1S/C30H24BrN3O3/c31-26-9-4-6-23-24(26)7-3-8-25(23)29(35)32-21-11-13-22(14-12-21)33-15-17-34(18-16-33)30(36)28-19-20-5-1-2-10-27(20)37-28/h1-14,19H,15-18H2,(H,32,35). The van der Waals surface area contributed by atoms with Gasteiger partial charge in [-0.2, -0.15) is 0 Å². The van der Waals surface area contributed by atoms with E-state index in [4.69, 9.17) is 4.42 Å². The lowest BCUT2D eigenvalue weighted by Gasteiger charge is -2.35. The third-order valence-electron chi connectivity index (χ3n) is 6.81. The van der Waals surface area contributed by atoms with Crippen molar-refractivity contribution < 1.29 is 14.0 Å². The molecule has 0 atom stereocenters. The second kappa shape index (κ2) is 9.75. The number of benzene rings is 4. The average molecular weight is 554 g/mol. The van der Waals surface area contributed by atoms with E-state index in [9.17, 15) is 9.59 Å². The van der Waals surface area contributed by atoms with E-state index in [0.29, 0.717) is 24.4 Å². The Hall–Kier alpha value is -4.10. The van der Waals surface area contributed by atoms with Crippen molar-refractivity contribution >= 4 is 60.9 Å². The second-order valence-electron chi connectivity index (χ2n) is 9.07. The highest BCUT2D eigenvalue weighted by atomic mass is 79.9. The minimum Gasteiger partial charge on any atom is -0.451 e. The van der Waals surface area contributed by atoms with Crippen LogP contribution in [0, 0.1) is 0 Å². The zero-order valence-electron chi connectivity index (χ0n) is 20.0. The molecule has 5 aromatic rings. The van der Waals surface area contributed by atoms with Crippen LogP contribution in [0.5, 0.6) is 0 Å². The first-order valence-electron chi connectivity index (χ1n) is 12.2. The fourth-order valence-electron chi connectivity index (χ4n) is 4.83. The molecule has 184 valence electrons. The van der Waals surface area contributed by atoms with Gasteiger partial charge in [-0.1, -0.05) is 58.4 Å². The molecule has 1 N–H and O–H groups in total. The first-order valence-corrected chi connectivity index (χ1v) is 13.0. The largest absolute Gasteiger partial charge is 0.451 e. The van der Waals surface area contributed by atoms with Gasteiger partial charge in [0.05, 0.1) is 0 Å². The summed E-state index contributed by atoms with van der Waals surface area (Å²) in [4.78, 5) is 30.1. The number of halogens is 1. The number of nitrogens with one attached hydrogen (secondary N) is 1. The van der Waals surface area contributed by atoms with Crippen LogP contribution in [0.3, 0.4) is 0 Å². The number of carbonyl (C=O) groups excluding carboxylic acids is 2. The summed E-state index contributed by atoms with van der Waals surface area (Å²) in [5.41, 5.74) is 3.15. The Morgan fingerprint density at radius 2 is 1.51 bits per heavy atom. The van der Waals surface area contributed by atoms with Crippen LogP contribution in [0.2, 0.25) is 0 Å². The highest BCUT2D eigenvalue weighted by molar-refractivity contribution is 9.10. The SMILES string of the molecule is O=C(Nc1ccc(N2CCN(C(=O)c3cc4ccccc4o3)CC2)cc1)c1cccc2c(Br)cccc12. The highest BCUT2D eigenvalue weighted by Gasteiger charge is 2.25. The smallest absolute Gasteiger partial charge is 0.289 e. The molecule has 37 heavy (non-hydrogen) atoms. The van der Waals surface area contributed by atoms with Gasteiger partial charge in [0, 0.05) is 53.0 Å². The quantitative estimate of drug-likeness (QED) is 0.273. The molecule has 0 aliphatic carbocycles. The minimum atomic E-state index is -0.144. The number of amides is 2. The fraction of sp³-hybridized carbons (Fsp3) is 0.133. The summed E-state index contributed by atoms with van der Waals surface area (Å²) in [7, 11) is 0. The lowest BCUT2D eigenvalue weighted by atomic mass is 10.0. The zero-order valence-corrected chi connectivity index (χ0v) is 21.6. The van der Waals surface area contributed by atoms with Crippen LogP contribution in [0.25, 0.3) is 21.7 Å². The Morgan fingerprint density at radius 3 is 2.30 bits per heavy atom. The van der Waals surface area contributed by atoms with Crippen molar-refractivity contribution in [3.05, 3.63) is 107 Å². The Kier molecular flexibility index (Phi) is 6.14. The number of rotatable bonds is 4. The Bertz CT molecular complexity index is 1590. The van der Waals surface area contributed by atoms with E-state index in [2.05, 4.69) is 26.1 Å². The van der Waals surface area contributed by atoms with E-state index >= 15 is 0 Å². The molecule has 1 aliphatic heterocycles. The second-order valence-corrected chi connectivity index (χ2v) is 9.92. The van der Waals surface area contributed by atoms with Gasteiger partial charge in [-0.3, -0.25) is 9.59 Å². The van der Waals surface area contributed by atoms with Crippen LogP contribution < -0.4 is 10.2 Å². The predicted octanol–water partition coefficient (Wildman–Crippen LogP) is 6.56. The number of carbonyl (C=O) groups is 2. The van der Waals surface area contributed by atoms with Crippen molar-refractivity contribution in [1.82, 2.24) is 4.90 Å². The normalized spacial score (nSPS) is 13.8. The number of piperazine rings is 1. The molecule has 0 radical (unpaired) electrons. The summed E-state index contributed by atoms with van der Waals surface area (Å²) in [5.74, 6) is 0.164. The molecule has 0 spiro atoms. The van der Waals surface area contributed by atoms with E-state index in [1.54, 1.807) is 0 Å². The van der Waals surface area contributed by atoms with Gasteiger partial charge in [0.2, 0.25) is 0 Å². The lowest BCUT2D eigenvalue weighted by molar-refractivity contribution is 0.0717. The van der Waals surface area contributed by atoms with Gasteiger partial charge >= 0.3 is 0 Å². The van der Waals surface area contributed by atoms with E-state index in [1.807, 2.05) is 95.9 Å². The molecule has 0 saturated carbocycles. The van der Waals surface area contributed by atoms with Crippen molar-refractivity contribution in [2.24, 2.45) is 0 Å². The average Bonchev–Trinajstić information content (AvgIpc) is 3.38. The number of anilines is 2. The monoisotopic (exact) mass is 553 g/mol. The van der Waals surface area contributed by atoms with Crippen molar-refractivity contribution in [2.75, 3.05) is 36.4 Å². The van der Waals surface area contributed by atoms with Gasteiger partial charge in [0.1, 0.15) is 5.58 Å². The molecule has 7 heteroatoms. The van der Waals surface area contributed by atoms with Gasteiger partial charge in [0.25, 0.3) is 11.8 Å². The number of furan rings is 1. The summed E-state index contributed by atoms with van der Waals surface area (Å²) < 4.78 is 6.72. The van der Waals surface area contributed by atoms with E-state index < -0.39 is 0 Å². The first kappa shape index (κ1) is 23.3. The molecule has 1 aromatic heterocycles. The summed E-state index contributed by atoms with van der Waals surface area (Å²) in [5, 5.41) is 5.86. The number of para-hydroxylation sites is 1. The number of nitrogens with zero attached hydrogens (tertiary/aromatic N) is 2. The van der Waals surface area contributed by atoms with Crippen molar-refractivity contribution in [3.8, 4) is 0 Å². The Morgan fingerprint density at radius 1 is 0.784 bits per heavy atom. The molecule has 6 rings (SSSR count). The molecular weight excluding hydrogens is 530 g/mol. The van der Waals surface area contributed by atoms with Crippen LogP contribution in [0.15, 0.2) is 99.9 Å². The molecule has 2 amide bonds. The summed E-state index contributed by atoms with van der Waals surface area (Å²) in [6, 6.07) is 28.9. The molecule has 1 aliphatic rings. The molecular formula is C30H24BrN3O3. The maximum atomic E-state index is 13.0. The maximum Gasteiger partial charge on any atom is 0.289 e.